The summed E-state index contributed by atoms with van der Waals surface area (Å²) in [5.41, 5.74) is 2.18. The molecule has 3 nitrogen and oxygen atoms in total. The van der Waals surface area contributed by atoms with Crippen molar-refractivity contribution in [1.82, 2.24) is 9.97 Å². The lowest BCUT2D eigenvalue weighted by molar-refractivity contribution is 1.22. The van der Waals surface area contributed by atoms with Crippen LogP contribution >= 0.6 is 0 Å². The second-order valence-corrected chi connectivity index (χ2v) is 2.05. The minimum Gasteiger partial charge on any atom is -0.359 e. The van der Waals surface area contributed by atoms with Crippen molar-refractivity contribution in [1.29, 1.82) is 0 Å². The fourth-order valence-corrected chi connectivity index (χ4v) is 0.666. The Kier molecular flexibility index (Phi) is 1.42. The van der Waals surface area contributed by atoms with Crippen molar-refractivity contribution >= 4 is 5.95 Å². The van der Waals surface area contributed by atoms with Gasteiger partial charge in [0.25, 0.3) is 0 Å². The van der Waals surface area contributed by atoms with Gasteiger partial charge in [-0.1, -0.05) is 0 Å². The van der Waals surface area contributed by atoms with Gasteiger partial charge in [0.05, 0.1) is 5.69 Å². The molecule has 1 aromatic rings. The van der Waals surface area contributed by atoms with Gasteiger partial charge in [0.1, 0.15) is 0 Å². The Morgan fingerprint density at radius 3 is 2.33 bits per heavy atom. The van der Waals surface area contributed by atoms with Crippen LogP contribution in [-0.4, -0.2) is 17.0 Å². The summed E-state index contributed by atoms with van der Waals surface area (Å²) in [6, 6.07) is 0. The van der Waals surface area contributed by atoms with Crippen LogP contribution in [0.4, 0.5) is 5.95 Å². The Morgan fingerprint density at radius 2 is 2.11 bits per heavy atom. The summed E-state index contributed by atoms with van der Waals surface area (Å²) >= 11 is 0. The highest BCUT2D eigenvalue weighted by molar-refractivity contribution is 5.28. The first kappa shape index (κ1) is 6.13. The monoisotopic (exact) mass is 125 g/mol. The van der Waals surface area contributed by atoms with Gasteiger partial charge in [-0.3, -0.25) is 0 Å². The summed E-state index contributed by atoms with van der Waals surface area (Å²) in [6.45, 7) is 3.98. The second kappa shape index (κ2) is 2.09. The zero-order chi connectivity index (χ0) is 6.85. The van der Waals surface area contributed by atoms with Gasteiger partial charge >= 0.3 is 0 Å². The van der Waals surface area contributed by atoms with Gasteiger partial charge in [0.15, 0.2) is 5.95 Å². The zero-order valence-corrected chi connectivity index (χ0v) is 5.95. The van der Waals surface area contributed by atoms with Gasteiger partial charge in [-0.05, 0) is 13.8 Å². The molecule has 0 amide bonds. The number of nitrogens with zero attached hydrogens (tertiary/aromatic N) is 1. The van der Waals surface area contributed by atoms with Crippen LogP contribution in [0.15, 0.2) is 0 Å². The predicted molar refractivity (Wildman–Crippen MR) is 37.6 cm³/mol. The summed E-state index contributed by atoms with van der Waals surface area (Å²) in [5.74, 6) is 0.838. The third kappa shape index (κ3) is 1.04. The first-order valence-electron chi connectivity index (χ1n) is 2.95. The smallest absolute Gasteiger partial charge is 0.200 e. The number of anilines is 1. The topological polar surface area (TPSA) is 40.7 Å². The van der Waals surface area contributed by atoms with Gasteiger partial charge in [-0.15, -0.1) is 0 Å². The van der Waals surface area contributed by atoms with Crippen LogP contribution in [0, 0.1) is 13.8 Å². The van der Waals surface area contributed by atoms with E-state index in [1.54, 1.807) is 0 Å². The van der Waals surface area contributed by atoms with E-state index in [-0.39, 0.29) is 0 Å². The SMILES string of the molecule is CNc1nc(C)c(C)[nH]1. The van der Waals surface area contributed by atoms with E-state index in [4.69, 9.17) is 0 Å². The molecular formula is C6H11N3. The Hall–Kier alpha value is -0.990. The molecule has 0 saturated heterocycles. The van der Waals surface area contributed by atoms with Crippen LogP contribution in [-0.2, 0) is 0 Å². The molecule has 0 unspecified atom stereocenters. The van der Waals surface area contributed by atoms with Crippen LogP contribution in [0.25, 0.3) is 0 Å². The molecule has 0 aromatic carbocycles. The highest BCUT2D eigenvalue weighted by Crippen LogP contribution is 2.04. The molecule has 9 heavy (non-hydrogen) atoms. The number of hydrogen-bond acceptors (Lipinski definition) is 2. The van der Waals surface area contributed by atoms with Crippen molar-refractivity contribution in [3.63, 3.8) is 0 Å². The fourth-order valence-electron chi connectivity index (χ4n) is 0.666. The van der Waals surface area contributed by atoms with Crippen LogP contribution in [0.1, 0.15) is 11.4 Å². The quantitative estimate of drug-likeness (QED) is 0.589. The van der Waals surface area contributed by atoms with Gasteiger partial charge in [0.2, 0.25) is 0 Å². The van der Waals surface area contributed by atoms with Gasteiger partial charge < -0.3 is 10.3 Å². The number of imidazole rings is 1. The predicted octanol–water partition coefficient (Wildman–Crippen LogP) is 1.07. The Morgan fingerprint density at radius 1 is 1.44 bits per heavy atom. The Balaban J connectivity index is 2.98. The molecule has 1 heterocycles. The molecule has 0 spiro atoms. The van der Waals surface area contributed by atoms with E-state index in [1.807, 2.05) is 20.9 Å². The Bertz CT molecular complexity index is 183. The van der Waals surface area contributed by atoms with E-state index < -0.39 is 0 Å². The number of hydrogen-bond donors (Lipinski definition) is 2. The van der Waals surface area contributed by atoms with E-state index in [1.165, 1.54) is 0 Å². The summed E-state index contributed by atoms with van der Waals surface area (Å²) < 4.78 is 0. The van der Waals surface area contributed by atoms with Crippen molar-refractivity contribution in [2.45, 2.75) is 13.8 Å². The minimum absolute atomic E-state index is 0.838. The molecule has 0 atom stereocenters. The molecule has 0 aliphatic heterocycles. The minimum atomic E-state index is 0.838. The van der Waals surface area contributed by atoms with E-state index in [0.717, 1.165) is 17.3 Å². The van der Waals surface area contributed by atoms with E-state index in [0.29, 0.717) is 0 Å². The molecule has 0 aliphatic carbocycles. The molecule has 2 N–H and O–H groups in total. The molecule has 1 aromatic heterocycles. The molecule has 1 rings (SSSR count). The number of rotatable bonds is 1. The summed E-state index contributed by atoms with van der Waals surface area (Å²) in [4.78, 5) is 7.23. The molecule has 0 radical (unpaired) electrons. The lowest BCUT2D eigenvalue weighted by Gasteiger charge is -1.87. The van der Waals surface area contributed by atoms with Crippen LogP contribution in [0.3, 0.4) is 0 Å². The average Bonchev–Trinajstić information content (AvgIpc) is 2.13. The van der Waals surface area contributed by atoms with Crippen molar-refractivity contribution in [2.75, 3.05) is 12.4 Å². The lowest BCUT2D eigenvalue weighted by Crippen LogP contribution is -1.88. The number of aromatic amines is 1. The van der Waals surface area contributed by atoms with E-state index in [2.05, 4.69) is 15.3 Å². The lowest BCUT2D eigenvalue weighted by atomic mass is 10.4. The molecule has 0 bridgehead atoms. The maximum absolute atomic E-state index is 4.16. The van der Waals surface area contributed by atoms with Gasteiger partial charge in [-0.25, -0.2) is 4.98 Å². The summed E-state index contributed by atoms with van der Waals surface area (Å²) in [5, 5.41) is 2.92. The van der Waals surface area contributed by atoms with Crippen LogP contribution in [0.2, 0.25) is 0 Å². The summed E-state index contributed by atoms with van der Waals surface area (Å²) in [7, 11) is 1.84. The normalized spacial score (nSPS) is 9.67. The molecule has 3 heteroatoms. The van der Waals surface area contributed by atoms with Gasteiger partial charge in [-0.2, -0.15) is 0 Å². The first-order valence-corrected chi connectivity index (χ1v) is 2.95. The first-order chi connectivity index (χ1) is 4.24. The third-order valence-corrected chi connectivity index (χ3v) is 1.36. The van der Waals surface area contributed by atoms with Crippen molar-refractivity contribution in [3.05, 3.63) is 11.4 Å². The Labute approximate surface area is 54.5 Å². The maximum atomic E-state index is 4.16. The van der Waals surface area contributed by atoms with Gasteiger partial charge in [0, 0.05) is 12.7 Å². The highest BCUT2D eigenvalue weighted by atomic mass is 15.1. The molecule has 0 saturated carbocycles. The average molecular weight is 125 g/mol. The third-order valence-electron chi connectivity index (χ3n) is 1.36. The zero-order valence-electron chi connectivity index (χ0n) is 5.95. The number of aryl methyl sites for hydroxylation is 2. The largest absolute Gasteiger partial charge is 0.359 e. The highest BCUT2D eigenvalue weighted by Gasteiger charge is 1.97. The molecule has 50 valence electrons. The maximum Gasteiger partial charge on any atom is 0.200 e. The molecule has 0 fully saturated rings. The summed E-state index contributed by atoms with van der Waals surface area (Å²) in [6.07, 6.45) is 0. The number of nitrogens with one attached hydrogen (secondary N) is 2. The molecular weight excluding hydrogens is 114 g/mol. The molecule has 0 aliphatic rings. The number of aromatic nitrogens is 2. The number of H-pyrrole nitrogens is 1. The van der Waals surface area contributed by atoms with Crippen molar-refractivity contribution < 1.29 is 0 Å². The fraction of sp³-hybridized carbons (Fsp3) is 0.500. The van der Waals surface area contributed by atoms with Crippen molar-refractivity contribution in [2.24, 2.45) is 0 Å². The van der Waals surface area contributed by atoms with Crippen LogP contribution < -0.4 is 5.32 Å². The standard InChI is InChI=1S/C6H11N3/c1-4-5(2)9-6(7-3)8-4/h1-3H3,(H2,7,8,9). The second-order valence-electron chi connectivity index (χ2n) is 2.05. The van der Waals surface area contributed by atoms with E-state index >= 15 is 0 Å². The van der Waals surface area contributed by atoms with Crippen molar-refractivity contribution in [3.8, 4) is 0 Å². The van der Waals surface area contributed by atoms with Crippen LogP contribution in [0.5, 0.6) is 0 Å². The van der Waals surface area contributed by atoms with E-state index in [9.17, 15) is 0 Å².